The Balaban J connectivity index is 2.04. The largest absolute Gasteiger partial charge is 0.506 e. The highest BCUT2D eigenvalue weighted by molar-refractivity contribution is 6.05. The van der Waals surface area contributed by atoms with Crippen molar-refractivity contribution >= 4 is 17.2 Å². The number of carbonyl (C=O) groups is 1. The number of nitrogens with one attached hydrogen (secondary N) is 1. The molecule has 3 aromatic rings. The van der Waals surface area contributed by atoms with Crippen LogP contribution in [0.2, 0.25) is 0 Å². The third kappa shape index (κ3) is 2.77. The number of anilines is 1. The molecule has 23 heavy (non-hydrogen) atoms. The van der Waals surface area contributed by atoms with Crippen molar-refractivity contribution in [3.8, 4) is 5.75 Å². The molecule has 0 spiro atoms. The zero-order valence-electron chi connectivity index (χ0n) is 13.4. The minimum atomic E-state index is -0.279. The quantitative estimate of drug-likeness (QED) is 0.728. The summed E-state index contributed by atoms with van der Waals surface area (Å²) in [6, 6.07) is 9.02. The molecule has 2 heterocycles. The number of fused-ring (bicyclic) bond motifs is 1. The van der Waals surface area contributed by atoms with Gasteiger partial charge in [-0.25, -0.2) is 4.98 Å². The first-order valence-electron chi connectivity index (χ1n) is 7.58. The van der Waals surface area contributed by atoms with Crippen molar-refractivity contribution in [3.63, 3.8) is 0 Å². The lowest BCUT2D eigenvalue weighted by atomic mass is 10.2. The Morgan fingerprint density at radius 1 is 1.22 bits per heavy atom. The fourth-order valence-corrected chi connectivity index (χ4v) is 2.62. The minimum Gasteiger partial charge on any atom is -0.506 e. The summed E-state index contributed by atoms with van der Waals surface area (Å²) in [5.74, 6) is -0.222. The van der Waals surface area contributed by atoms with E-state index in [1.807, 2.05) is 45.2 Å². The molecule has 5 heteroatoms. The molecule has 5 nitrogen and oxygen atoms in total. The molecular weight excluding hydrogens is 290 g/mol. The van der Waals surface area contributed by atoms with Crippen molar-refractivity contribution < 1.29 is 9.90 Å². The van der Waals surface area contributed by atoms with E-state index in [1.54, 1.807) is 16.5 Å². The van der Waals surface area contributed by atoms with Crippen LogP contribution in [-0.4, -0.2) is 20.4 Å². The molecule has 0 unspecified atom stereocenters. The molecule has 2 aromatic heterocycles. The molecule has 0 saturated heterocycles. The van der Waals surface area contributed by atoms with Crippen molar-refractivity contribution in [1.29, 1.82) is 0 Å². The van der Waals surface area contributed by atoms with Gasteiger partial charge in [0.25, 0.3) is 5.91 Å². The van der Waals surface area contributed by atoms with Gasteiger partial charge in [-0.2, -0.15) is 0 Å². The third-order valence-electron chi connectivity index (χ3n) is 3.79. The molecule has 0 aliphatic rings. The monoisotopic (exact) mass is 309 g/mol. The van der Waals surface area contributed by atoms with Gasteiger partial charge in [0.1, 0.15) is 17.1 Å². The summed E-state index contributed by atoms with van der Waals surface area (Å²) < 4.78 is 1.80. The van der Waals surface area contributed by atoms with Crippen LogP contribution < -0.4 is 5.32 Å². The molecule has 118 valence electrons. The van der Waals surface area contributed by atoms with Crippen LogP contribution in [0, 0.1) is 13.8 Å². The molecule has 2 N–H and O–H groups in total. The number of benzene rings is 1. The van der Waals surface area contributed by atoms with Crippen molar-refractivity contribution in [2.75, 3.05) is 5.32 Å². The number of phenolic OH excluding ortho intramolecular Hbond substituents is 1. The van der Waals surface area contributed by atoms with Crippen molar-refractivity contribution in [2.45, 2.75) is 27.2 Å². The second kappa shape index (κ2) is 5.76. The van der Waals surface area contributed by atoms with Gasteiger partial charge in [0, 0.05) is 6.20 Å². The average Bonchev–Trinajstić information content (AvgIpc) is 2.87. The van der Waals surface area contributed by atoms with E-state index in [-0.39, 0.29) is 11.7 Å². The number of rotatable bonds is 3. The second-order valence-corrected chi connectivity index (χ2v) is 5.67. The molecule has 0 atom stereocenters. The van der Waals surface area contributed by atoms with E-state index in [4.69, 9.17) is 0 Å². The van der Waals surface area contributed by atoms with Crippen molar-refractivity contribution in [1.82, 2.24) is 9.38 Å². The Kier molecular flexibility index (Phi) is 3.78. The number of amides is 1. The number of pyridine rings is 1. The van der Waals surface area contributed by atoms with Gasteiger partial charge >= 0.3 is 0 Å². The van der Waals surface area contributed by atoms with Gasteiger partial charge in [-0.05, 0) is 49.6 Å². The molecule has 0 radical (unpaired) electrons. The molecule has 3 rings (SSSR count). The summed E-state index contributed by atoms with van der Waals surface area (Å²) in [4.78, 5) is 17.2. The number of carbonyl (C=O) groups excluding carboxylic acids is 1. The number of hydrogen-bond donors (Lipinski definition) is 2. The molecule has 0 aliphatic heterocycles. The Morgan fingerprint density at radius 2 is 1.96 bits per heavy atom. The van der Waals surface area contributed by atoms with E-state index < -0.39 is 0 Å². The van der Waals surface area contributed by atoms with Gasteiger partial charge in [0.15, 0.2) is 0 Å². The zero-order chi connectivity index (χ0) is 16.6. The van der Waals surface area contributed by atoms with E-state index in [9.17, 15) is 9.90 Å². The van der Waals surface area contributed by atoms with E-state index >= 15 is 0 Å². The van der Waals surface area contributed by atoms with E-state index in [1.165, 1.54) is 0 Å². The number of nitrogens with zero attached hydrogens (tertiary/aromatic N) is 2. The summed E-state index contributed by atoms with van der Waals surface area (Å²) in [5.41, 5.74) is 4.35. The summed E-state index contributed by atoms with van der Waals surface area (Å²) in [5, 5.41) is 12.8. The van der Waals surface area contributed by atoms with Gasteiger partial charge < -0.3 is 10.4 Å². The number of aromatic hydroxyl groups is 1. The van der Waals surface area contributed by atoms with E-state index in [0.717, 1.165) is 22.5 Å². The van der Waals surface area contributed by atoms with Crippen LogP contribution in [0.1, 0.15) is 34.2 Å². The fraction of sp³-hybridized carbons (Fsp3) is 0.222. The van der Waals surface area contributed by atoms with Crippen molar-refractivity contribution in [2.24, 2.45) is 0 Å². The lowest BCUT2D eigenvalue weighted by molar-refractivity contribution is 0.102. The molecule has 0 saturated carbocycles. The van der Waals surface area contributed by atoms with Crippen LogP contribution in [0.25, 0.3) is 5.65 Å². The molecule has 0 bridgehead atoms. The summed E-state index contributed by atoms with van der Waals surface area (Å²) in [7, 11) is 0. The lowest BCUT2D eigenvalue weighted by Crippen LogP contribution is -2.16. The van der Waals surface area contributed by atoms with Crippen LogP contribution in [0.5, 0.6) is 5.75 Å². The van der Waals surface area contributed by atoms with Crippen LogP contribution in [-0.2, 0) is 6.42 Å². The van der Waals surface area contributed by atoms with Crippen LogP contribution in [0.4, 0.5) is 5.69 Å². The maximum Gasteiger partial charge on any atom is 0.274 e. The van der Waals surface area contributed by atoms with Crippen LogP contribution >= 0.6 is 0 Å². The maximum atomic E-state index is 12.7. The number of phenols is 1. The molecule has 1 aromatic carbocycles. The highest BCUT2D eigenvalue weighted by Crippen LogP contribution is 2.25. The standard InChI is InChI=1S/C18H19N3O2/c1-4-13-17(21-10-12(3)6-8-16(21)19-13)18(23)20-14-7-5-11(2)9-15(14)22/h5-10,22H,4H2,1-3H3,(H,20,23). The van der Waals surface area contributed by atoms with E-state index in [2.05, 4.69) is 10.3 Å². The highest BCUT2D eigenvalue weighted by Gasteiger charge is 2.19. The first-order chi connectivity index (χ1) is 11.0. The molecule has 0 aliphatic carbocycles. The van der Waals surface area contributed by atoms with Crippen LogP contribution in [0.3, 0.4) is 0 Å². The Morgan fingerprint density at radius 3 is 2.65 bits per heavy atom. The summed E-state index contributed by atoms with van der Waals surface area (Å²) in [6.07, 6.45) is 2.55. The number of aryl methyl sites for hydroxylation is 3. The first kappa shape index (κ1) is 15.1. The topological polar surface area (TPSA) is 66.6 Å². The Bertz CT molecular complexity index is 897. The first-order valence-corrected chi connectivity index (χ1v) is 7.58. The predicted octanol–water partition coefficient (Wildman–Crippen LogP) is 3.47. The highest BCUT2D eigenvalue weighted by atomic mass is 16.3. The summed E-state index contributed by atoms with van der Waals surface area (Å²) >= 11 is 0. The van der Waals surface area contributed by atoms with Crippen LogP contribution in [0.15, 0.2) is 36.5 Å². The SMILES string of the molecule is CCc1nc2ccc(C)cn2c1C(=O)Nc1ccc(C)cc1O. The van der Waals surface area contributed by atoms with Gasteiger partial charge in [-0.1, -0.05) is 19.1 Å². The fourth-order valence-electron chi connectivity index (χ4n) is 2.62. The van der Waals surface area contributed by atoms with Crippen molar-refractivity contribution in [3.05, 3.63) is 59.0 Å². The number of aromatic nitrogens is 2. The van der Waals surface area contributed by atoms with Gasteiger partial charge in [-0.3, -0.25) is 9.20 Å². The lowest BCUT2D eigenvalue weighted by Gasteiger charge is -2.09. The maximum absolute atomic E-state index is 12.7. The third-order valence-corrected chi connectivity index (χ3v) is 3.79. The van der Waals surface area contributed by atoms with Gasteiger partial charge in [-0.15, -0.1) is 0 Å². The molecule has 0 fully saturated rings. The second-order valence-electron chi connectivity index (χ2n) is 5.67. The average molecular weight is 309 g/mol. The minimum absolute atomic E-state index is 0.0569. The normalized spacial score (nSPS) is 10.9. The molecular formula is C18H19N3O2. The number of hydrogen-bond acceptors (Lipinski definition) is 3. The zero-order valence-corrected chi connectivity index (χ0v) is 13.4. The Hall–Kier alpha value is -2.82. The number of imidazole rings is 1. The van der Waals surface area contributed by atoms with Gasteiger partial charge in [0.05, 0.1) is 11.4 Å². The predicted molar refractivity (Wildman–Crippen MR) is 90.1 cm³/mol. The Labute approximate surface area is 134 Å². The molecule has 1 amide bonds. The van der Waals surface area contributed by atoms with E-state index in [0.29, 0.717) is 17.8 Å². The summed E-state index contributed by atoms with van der Waals surface area (Å²) in [6.45, 7) is 5.82. The van der Waals surface area contributed by atoms with Gasteiger partial charge in [0.2, 0.25) is 0 Å². The smallest absolute Gasteiger partial charge is 0.274 e.